The minimum absolute atomic E-state index is 0.0225. The average Bonchev–Trinajstić information content (AvgIpc) is 2.64. The SMILES string of the molecule is CCc1cc(Cl)ccc1Nc1nc(=O)c(OC)cn1Cc1cc(F)cc(F)c1. The van der Waals surface area contributed by atoms with Gasteiger partial charge in [-0.15, -0.1) is 0 Å². The van der Waals surface area contributed by atoms with E-state index in [0.29, 0.717) is 17.0 Å². The van der Waals surface area contributed by atoms with Crippen LogP contribution < -0.4 is 15.6 Å². The third kappa shape index (κ3) is 4.48. The predicted molar refractivity (Wildman–Crippen MR) is 105 cm³/mol. The van der Waals surface area contributed by atoms with Gasteiger partial charge in [-0.1, -0.05) is 18.5 Å². The first kappa shape index (κ1) is 19.8. The number of benzene rings is 2. The van der Waals surface area contributed by atoms with Crippen LogP contribution in [0, 0.1) is 11.6 Å². The zero-order valence-electron chi connectivity index (χ0n) is 15.3. The number of aromatic nitrogens is 2. The third-order valence-electron chi connectivity index (χ3n) is 4.15. The first-order valence-corrected chi connectivity index (χ1v) is 8.93. The van der Waals surface area contributed by atoms with Gasteiger partial charge in [-0.25, -0.2) is 8.78 Å². The summed E-state index contributed by atoms with van der Waals surface area (Å²) in [6, 6.07) is 8.56. The quantitative estimate of drug-likeness (QED) is 0.654. The van der Waals surface area contributed by atoms with Gasteiger partial charge in [0.1, 0.15) is 11.6 Å². The van der Waals surface area contributed by atoms with E-state index in [9.17, 15) is 13.6 Å². The van der Waals surface area contributed by atoms with Gasteiger partial charge in [0.15, 0.2) is 0 Å². The number of methoxy groups -OCH3 is 1. The number of nitrogens with zero attached hydrogens (tertiary/aromatic N) is 2. The van der Waals surface area contributed by atoms with E-state index in [-0.39, 0.29) is 18.2 Å². The molecule has 0 atom stereocenters. The van der Waals surface area contributed by atoms with Gasteiger partial charge < -0.3 is 14.6 Å². The van der Waals surface area contributed by atoms with E-state index in [1.807, 2.05) is 13.0 Å². The van der Waals surface area contributed by atoms with Crippen LogP contribution in [0.3, 0.4) is 0 Å². The maximum atomic E-state index is 13.6. The lowest BCUT2D eigenvalue weighted by atomic mass is 10.1. The molecule has 0 bridgehead atoms. The van der Waals surface area contributed by atoms with E-state index in [1.54, 1.807) is 16.7 Å². The number of anilines is 2. The first-order chi connectivity index (χ1) is 13.4. The molecule has 0 spiro atoms. The predicted octanol–water partition coefficient (Wildman–Crippen LogP) is 4.54. The average molecular weight is 406 g/mol. The van der Waals surface area contributed by atoms with Gasteiger partial charge in [0.2, 0.25) is 11.7 Å². The van der Waals surface area contributed by atoms with E-state index >= 15 is 0 Å². The molecule has 0 saturated heterocycles. The van der Waals surface area contributed by atoms with Gasteiger partial charge in [-0.2, -0.15) is 4.98 Å². The number of hydrogen-bond donors (Lipinski definition) is 1. The van der Waals surface area contributed by atoms with E-state index in [4.69, 9.17) is 16.3 Å². The van der Waals surface area contributed by atoms with Crippen molar-refractivity contribution in [1.29, 1.82) is 0 Å². The lowest BCUT2D eigenvalue weighted by molar-refractivity contribution is 0.402. The van der Waals surface area contributed by atoms with Gasteiger partial charge in [0.25, 0.3) is 0 Å². The summed E-state index contributed by atoms with van der Waals surface area (Å²) < 4.78 is 33.7. The van der Waals surface area contributed by atoms with Gasteiger partial charge >= 0.3 is 5.56 Å². The van der Waals surface area contributed by atoms with Crippen LogP contribution in [0.25, 0.3) is 0 Å². The van der Waals surface area contributed by atoms with Crippen LogP contribution >= 0.6 is 11.6 Å². The second-order valence-electron chi connectivity index (χ2n) is 6.12. The highest BCUT2D eigenvalue weighted by Gasteiger charge is 2.12. The van der Waals surface area contributed by atoms with Crippen LogP contribution in [0.15, 0.2) is 47.4 Å². The molecule has 0 aliphatic heterocycles. The highest BCUT2D eigenvalue weighted by molar-refractivity contribution is 6.30. The minimum Gasteiger partial charge on any atom is -0.490 e. The molecule has 0 aliphatic rings. The normalized spacial score (nSPS) is 10.8. The standard InChI is InChI=1S/C20H18ClF2N3O2/c1-3-13-8-14(21)4-5-17(13)24-20-25-19(27)18(28-2)11-26(20)10-12-6-15(22)9-16(23)7-12/h4-9,11H,3,10H2,1-2H3,(H,24,25,27). The molecule has 28 heavy (non-hydrogen) atoms. The molecule has 146 valence electrons. The molecule has 0 aliphatic carbocycles. The molecule has 0 unspecified atom stereocenters. The van der Waals surface area contributed by atoms with Crippen molar-refractivity contribution in [1.82, 2.24) is 9.55 Å². The number of hydrogen-bond acceptors (Lipinski definition) is 4. The van der Waals surface area contributed by atoms with Crippen molar-refractivity contribution >= 4 is 23.2 Å². The summed E-state index contributed by atoms with van der Waals surface area (Å²) in [4.78, 5) is 16.2. The molecule has 0 fully saturated rings. The van der Waals surface area contributed by atoms with Crippen LogP contribution in [0.4, 0.5) is 20.4 Å². The summed E-state index contributed by atoms with van der Waals surface area (Å²) in [6.07, 6.45) is 2.15. The van der Waals surface area contributed by atoms with Crippen LogP contribution in [-0.2, 0) is 13.0 Å². The van der Waals surface area contributed by atoms with Crippen LogP contribution in [0.2, 0.25) is 5.02 Å². The highest BCUT2D eigenvalue weighted by atomic mass is 35.5. The summed E-state index contributed by atoms with van der Waals surface area (Å²) in [6.45, 7) is 2.05. The van der Waals surface area contributed by atoms with Crippen LogP contribution in [0.1, 0.15) is 18.1 Å². The summed E-state index contributed by atoms with van der Waals surface area (Å²) in [7, 11) is 1.35. The fourth-order valence-corrected chi connectivity index (χ4v) is 3.02. The molecule has 3 rings (SSSR count). The molecule has 1 heterocycles. The molecular formula is C20H18ClF2N3O2. The van der Waals surface area contributed by atoms with Crippen molar-refractivity contribution in [2.24, 2.45) is 0 Å². The van der Waals surface area contributed by atoms with E-state index < -0.39 is 17.2 Å². The highest BCUT2D eigenvalue weighted by Crippen LogP contribution is 2.25. The fourth-order valence-electron chi connectivity index (χ4n) is 2.83. The Balaban J connectivity index is 2.05. The molecule has 8 heteroatoms. The second kappa shape index (κ2) is 8.39. The Morgan fingerprint density at radius 1 is 1.18 bits per heavy atom. The third-order valence-corrected chi connectivity index (χ3v) is 4.39. The smallest absolute Gasteiger partial charge is 0.316 e. The Bertz CT molecular complexity index is 1050. The molecule has 0 saturated carbocycles. The number of nitrogens with one attached hydrogen (secondary N) is 1. The van der Waals surface area contributed by atoms with Gasteiger partial charge in [-0.3, -0.25) is 4.79 Å². The van der Waals surface area contributed by atoms with Crippen molar-refractivity contribution in [3.8, 4) is 5.75 Å². The molecule has 5 nitrogen and oxygen atoms in total. The maximum Gasteiger partial charge on any atom is 0.316 e. The Morgan fingerprint density at radius 2 is 1.89 bits per heavy atom. The van der Waals surface area contributed by atoms with Crippen molar-refractivity contribution in [2.45, 2.75) is 19.9 Å². The molecule has 2 aromatic carbocycles. The monoisotopic (exact) mass is 405 g/mol. The lowest BCUT2D eigenvalue weighted by Gasteiger charge is -2.17. The lowest BCUT2D eigenvalue weighted by Crippen LogP contribution is -2.19. The summed E-state index contributed by atoms with van der Waals surface area (Å²) in [5, 5.41) is 3.71. The van der Waals surface area contributed by atoms with Crippen LogP contribution in [-0.4, -0.2) is 16.7 Å². The summed E-state index contributed by atoms with van der Waals surface area (Å²) >= 11 is 6.05. The maximum absolute atomic E-state index is 13.6. The zero-order valence-corrected chi connectivity index (χ0v) is 16.1. The van der Waals surface area contributed by atoms with Gasteiger partial charge in [0.05, 0.1) is 19.9 Å². The van der Waals surface area contributed by atoms with Crippen molar-refractivity contribution in [3.05, 3.63) is 80.7 Å². The van der Waals surface area contributed by atoms with E-state index in [2.05, 4.69) is 10.3 Å². The largest absolute Gasteiger partial charge is 0.490 e. The summed E-state index contributed by atoms with van der Waals surface area (Å²) in [5.74, 6) is -1.13. The zero-order chi connectivity index (χ0) is 20.3. The second-order valence-corrected chi connectivity index (χ2v) is 6.56. The molecule has 0 radical (unpaired) electrons. The van der Waals surface area contributed by atoms with E-state index in [0.717, 1.165) is 17.3 Å². The minimum atomic E-state index is -0.684. The number of ether oxygens (including phenoxy) is 1. The Labute approximate surface area is 165 Å². The first-order valence-electron chi connectivity index (χ1n) is 8.55. The number of rotatable bonds is 6. The van der Waals surface area contributed by atoms with Crippen LogP contribution in [0.5, 0.6) is 5.75 Å². The van der Waals surface area contributed by atoms with E-state index in [1.165, 1.54) is 25.4 Å². The van der Waals surface area contributed by atoms with Crippen molar-refractivity contribution < 1.29 is 13.5 Å². The number of halogens is 3. The molecular weight excluding hydrogens is 388 g/mol. The fraction of sp³-hybridized carbons (Fsp3) is 0.200. The van der Waals surface area contributed by atoms with Gasteiger partial charge in [0, 0.05) is 16.8 Å². The Kier molecular flexibility index (Phi) is 5.94. The van der Waals surface area contributed by atoms with Crippen molar-refractivity contribution in [3.63, 3.8) is 0 Å². The van der Waals surface area contributed by atoms with Crippen molar-refractivity contribution in [2.75, 3.05) is 12.4 Å². The van der Waals surface area contributed by atoms with Gasteiger partial charge in [-0.05, 0) is 47.9 Å². The number of aryl methyl sites for hydroxylation is 1. The topological polar surface area (TPSA) is 56.1 Å². The Hall–Kier alpha value is -2.93. The Morgan fingerprint density at radius 3 is 2.54 bits per heavy atom. The summed E-state index contributed by atoms with van der Waals surface area (Å²) in [5.41, 5.74) is 1.47. The molecule has 0 amide bonds. The molecule has 1 N–H and O–H groups in total. The molecule has 3 aromatic rings. The molecule has 1 aromatic heterocycles.